The SMILES string of the molecule is Cc1noc(CSc2nc(CC(=O)O)cs2)n1. The third-order valence-corrected chi connectivity index (χ3v) is 3.81. The van der Waals surface area contributed by atoms with Crippen molar-refractivity contribution in [3.63, 3.8) is 0 Å². The summed E-state index contributed by atoms with van der Waals surface area (Å²) in [6, 6.07) is 0. The Balaban J connectivity index is 1.91. The molecule has 0 bridgehead atoms. The van der Waals surface area contributed by atoms with E-state index in [0.717, 1.165) is 4.34 Å². The van der Waals surface area contributed by atoms with Crippen molar-refractivity contribution in [2.75, 3.05) is 0 Å². The van der Waals surface area contributed by atoms with Crippen molar-refractivity contribution < 1.29 is 14.4 Å². The van der Waals surface area contributed by atoms with Gasteiger partial charge in [-0.3, -0.25) is 4.79 Å². The number of carboxylic acids is 1. The second-order valence-electron chi connectivity index (χ2n) is 3.20. The summed E-state index contributed by atoms with van der Waals surface area (Å²) in [6.45, 7) is 1.76. The van der Waals surface area contributed by atoms with Crippen LogP contribution in [0.3, 0.4) is 0 Å². The predicted molar refractivity (Wildman–Crippen MR) is 62.0 cm³/mol. The first kappa shape index (κ1) is 12.1. The van der Waals surface area contributed by atoms with Crippen molar-refractivity contribution in [1.82, 2.24) is 15.1 Å². The molecule has 2 aromatic heterocycles. The molecule has 6 nitrogen and oxygen atoms in total. The second-order valence-corrected chi connectivity index (χ2v) is 5.28. The van der Waals surface area contributed by atoms with Crippen LogP contribution in [0.25, 0.3) is 0 Å². The number of rotatable bonds is 5. The Morgan fingerprint density at radius 2 is 2.41 bits per heavy atom. The molecule has 0 aromatic carbocycles. The van der Waals surface area contributed by atoms with Gasteiger partial charge >= 0.3 is 5.97 Å². The molecule has 0 saturated heterocycles. The number of thiazole rings is 1. The number of aromatic nitrogens is 3. The van der Waals surface area contributed by atoms with Crippen molar-refractivity contribution >= 4 is 29.1 Å². The highest BCUT2D eigenvalue weighted by Gasteiger charge is 2.09. The van der Waals surface area contributed by atoms with Crippen molar-refractivity contribution in [3.05, 3.63) is 22.8 Å². The van der Waals surface area contributed by atoms with Crippen LogP contribution in [-0.2, 0) is 17.0 Å². The molecule has 2 heterocycles. The van der Waals surface area contributed by atoms with Crippen LogP contribution in [0.2, 0.25) is 0 Å². The van der Waals surface area contributed by atoms with Gasteiger partial charge in [0.15, 0.2) is 10.2 Å². The summed E-state index contributed by atoms with van der Waals surface area (Å²) in [5, 5.41) is 14.0. The number of hydrogen-bond donors (Lipinski definition) is 1. The lowest BCUT2D eigenvalue weighted by atomic mass is 10.3. The molecular formula is C9H9N3O3S2. The molecule has 0 aliphatic carbocycles. The Morgan fingerprint density at radius 3 is 3.06 bits per heavy atom. The van der Waals surface area contributed by atoms with E-state index >= 15 is 0 Å². The fourth-order valence-corrected chi connectivity index (χ4v) is 2.80. The summed E-state index contributed by atoms with van der Waals surface area (Å²) < 4.78 is 5.76. The van der Waals surface area contributed by atoms with E-state index in [9.17, 15) is 4.79 Å². The van der Waals surface area contributed by atoms with Gasteiger partial charge in [0.25, 0.3) is 0 Å². The van der Waals surface area contributed by atoms with E-state index < -0.39 is 5.97 Å². The van der Waals surface area contributed by atoms with Crippen LogP contribution < -0.4 is 0 Å². The largest absolute Gasteiger partial charge is 0.481 e. The monoisotopic (exact) mass is 271 g/mol. The third-order valence-electron chi connectivity index (χ3n) is 1.75. The maximum absolute atomic E-state index is 10.5. The van der Waals surface area contributed by atoms with Gasteiger partial charge in [-0.25, -0.2) is 4.98 Å². The minimum Gasteiger partial charge on any atom is -0.481 e. The van der Waals surface area contributed by atoms with Crippen LogP contribution in [-0.4, -0.2) is 26.2 Å². The smallest absolute Gasteiger partial charge is 0.309 e. The summed E-state index contributed by atoms with van der Waals surface area (Å²) in [7, 11) is 0. The number of hydrogen-bond acceptors (Lipinski definition) is 7. The highest BCUT2D eigenvalue weighted by atomic mass is 32.2. The maximum atomic E-state index is 10.5. The van der Waals surface area contributed by atoms with Gasteiger partial charge in [0, 0.05) is 5.38 Å². The number of thioether (sulfide) groups is 1. The van der Waals surface area contributed by atoms with Gasteiger partial charge in [0.05, 0.1) is 17.9 Å². The van der Waals surface area contributed by atoms with Crippen molar-refractivity contribution in [2.24, 2.45) is 0 Å². The van der Waals surface area contributed by atoms with Crippen LogP contribution in [0.4, 0.5) is 0 Å². The van der Waals surface area contributed by atoms with E-state index in [1.54, 1.807) is 12.3 Å². The Hall–Kier alpha value is -1.41. The zero-order chi connectivity index (χ0) is 12.3. The topological polar surface area (TPSA) is 89.1 Å². The molecule has 0 radical (unpaired) electrons. The van der Waals surface area contributed by atoms with Crippen LogP contribution in [0.15, 0.2) is 14.2 Å². The van der Waals surface area contributed by atoms with Gasteiger partial charge in [0.1, 0.15) is 0 Å². The van der Waals surface area contributed by atoms with Gasteiger partial charge in [-0.2, -0.15) is 4.98 Å². The molecule has 0 amide bonds. The molecule has 0 aliphatic rings. The van der Waals surface area contributed by atoms with Crippen molar-refractivity contribution in [1.29, 1.82) is 0 Å². The molecule has 2 aromatic rings. The molecule has 0 aliphatic heterocycles. The Labute approximate surface area is 105 Å². The standard InChI is InChI=1S/C9H9N3O3S2/c1-5-10-7(15-12-5)4-17-9-11-6(3-16-9)2-8(13)14/h3H,2,4H2,1H3,(H,13,14). The van der Waals surface area contributed by atoms with Crippen LogP contribution in [0, 0.1) is 6.92 Å². The van der Waals surface area contributed by atoms with Crippen LogP contribution in [0.1, 0.15) is 17.4 Å². The summed E-state index contributed by atoms with van der Waals surface area (Å²) >= 11 is 2.87. The number of aliphatic carboxylic acids is 1. The normalized spacial score (nSPS) is 10.6. The summed E-state index contributed by atoms with van der Waals surface area (Å²) in [5.74, 6) is 0.814. The molecule has 2 rings (SSSR count). The average Bonchev–Trinajstić information content (AvgIpc) is 2.84. The molecule has 0 fully saturated rings. The third kappa shape index (κ3) is 3.53. The van der Waals surface area contributed by atoms with Crippen LogP contribution >= 0.6 is 23.1 Å². The van der Waals surface area contributed by atoms with E-state index in [1.165, 1.54) is 23.1 Å². The first-order chi connectivity index (χ1) is 8.13. The molecule has 0 spiro atoms. The highest BCUT2D eigenvalue weighted by molar-refractivity contribution is 8.00. The number of nitrogens with zero attached hydrogens (tertiary/aromatic N) is 3. The van der Waals surface area contributed by atoms with Gasteiger partial charge in [0.2, 0.25) is 5.89 Å². The lowest BCUT2D eigenvalue weighted by Crippen LogP contribution is -1.99. The number of carboxylic acid groups (broad SMARTS) is 1. The predicted octanol–water partition coefficient (Wildman–Crippen LogP) is 1.75. The van der Waals surface area contributed by atoms with E-state index in [0.29, 0.717) is 23.2 Å². The van der Waals surface area contributed by atoms with Crippen LogP contribution in [0.5, 0.6) is 0 Å². The first-order valence-corrected chi connectivity index (χ1v) is 6.58. The summed E-state index contributed by atoms with van der Waals surface area (Å²) in [6.07, 6.45) is -0.0449. The van der Waals surface area contributed by atoms with E-state index in [1.807, 2.05) is 0 Å². The molecule has 1 N–H and O–H groups in total. The highest BCUT2D eigenvalue weighted by Crippen LogP contribution is 2.25. The van der Waals surface area contributed by atoms with E-state index in [4.69, 9.17) is 9.63 Å². The maximum Gasteiger partial charge on any atom is 0.309 e. The van der Waals surface area contributed by atoms with Gasteiger partial charge in [-0.05, 0) is 6.92 Å². The minimum absolute atomic E-state index is 0.0449. The summed E-state index contributed by atoms with van der Waals surface area (Å²) in [4.78, 5) is 18.7. The molecule has 0 unspecified atom stereocenters. The molecule has 8 heteroatoms. The van der Waals surface area contributed by atoms with E-state index in [2.05, 4.69) is 15.1 Å². The fraction of sp³-hybridized carbons (Fsp3) is 0.333. The minimum atomic E-state index is -0.876. The molecule has 90 valence electrons. The Morgan fingerprint density at radius 1 is 1.59 bits per heavy atom. The van der Waals surface area contributed by atoms with Gasteiger partial charge < -0.3 is 9.63 Å². The first-order valence-electron chi connectivity index (χ1n) is 4.71. The van der Waals surface area contributed by atoms with Gasteiger partial charge in [-0.1, -0.05) is 16.9 Å². The Bertz CT molecular complexity index is 523. The average molecular weight is 271 g/mol. The zero-order valence-electron chi connectivity index (χ0n) is 8.91. The quantitative estimate of drug-likeness (QED) is 0.828. The van der Waals surface area contributed by atoms with Crippen molar-refractivity contribution in [2.45, 2.75) is 23.4 Å². The number of carbonyl (C=O) groups is 1. The van der Waals surface area contributed by atoms with Gasteiger partial charge in [-0.15, -0.1) is 11.3 Å². The second kappa shape index (κ2) is 5.28. The molecular weight excluding hydrogens is 262 g/mol. The molecule has 0 saturated carbocycles. The zero-order valence-corrected chi connectivity index (χ0v) is 10.5. The van der Waals surface area contributed by atoms with E-state index in [-0.39, 0.29) is 6.42 Å². The lowest BCUT2D eigenvalue weighted by Gasteiger charge is -1.91. The molecule has 0 atom stereocenters. The number of aryl methyl sites for hydroxylation is 1. The molecule has 17 heavy (non-hydrogen) atoms. The fourth-order valence-electron chi connectivity index (χ4n) is 1.11. The van der Waals surface area contributed by atoms with Crippen molar-refractivity contribution in [3.8, 4) is 0 Å². The lowest BCUT2D eigenvalue weighted by molar-refractivity contribution is -0.136. The Kier molecular flexibility index (Phi) is 3.75. The summed E-state index contributed by atoms with van der Waals surface area (Å²) in [5.41, 5.74) is 0.576.